The lowest BCUT2D eigenvalue weighted by Gasteiger charge is -2.05. The molecule has 84 valence electrons. The zero-order chi connectivity index (χ0) is 14.9. The molecule has 0 amide bonds. The van der Waals surface area contributed by atoms with Crippen molar-refractivity contribution in [3.05, 3.63) is 59.1 Å². The average Bonchev–Trinajstić information content (AvgIpc) is 2.38. The highest BCUT2D eigenvalue weighted by Crippen LogP contribution is 2.25. The zero-order valence-electron chi connectivity index (χ0n) is 12.9. The summed E-state index contributed by atoms with van der Waals surface area (Å²) >= 11 is 0. The summed E-state index contributed by atoms with van der Waals surface area (Å²) in [5, 5.41) is 0. The fourth-order valence-corrected chi connectivity index (χ4v) is 1.84. The smallest absolute Gasteiger partial charge is 0.211 e. The van der Waals surface area contributed by atoms with E-state index >= 15 is 0 Å². The van der Waals surface area contributed by atoms with E-state index in [1.165, 1.54) is 0 Å². The minimum atomic E-state index is -2.11. The van der Waals surface area contributed by atoms with Crippen LogP contribution in [0.5, 0.6) is 0 Å². The summed E-state index contributed by atoms with van der Waals surface area (Å²) in [6.07, 6.45) is 1.62. The molecule has 0 unspecified atom stereocenters. The molecule has 0 aliphatic heterocycles. The third kappa shape index (κ3) is 2.19. The Morgan fingerprint density at radius 3 is 2.76 bits per heavy atom. The molecule has 2 aromatic rings. The van der Waals surface area contributed by atoms with Crippen LogP contribution in [0.2, 0.25) is 0 Å². The first kappa shape index (κ1) is 8.03. The van der Waals surface area contributed by atoms with E-state index < -0.39 is 6.85 Å². The molecule has 0 radical (unpaired) electrons. The van der Waals surface area contributed by atoms with Crippen LogP contribution in [-0.2, 0) is 7.05 Å². The molecule has 2 rings (SSSR count). The van der Waals surface area contributed by atoms with Crippen LogP contribution in [0.4, 0.5) is 5.69 Å². The van der Waals surface area contributed by atoms with Crippen molar-refractivity contribution in [2.24, 2.45) is 7.05 Å². The van der Waals surface area contributed by atoms with E-state index in [4.69, 9.17) is 10.7 Å². The SMILES string of the molecule is [2H]C([2H])([2H])c1ccc(-c2cc([N+]#[C-])ccc2C)[n+](C)c1. The van der Waals surface area contributed by atoms with Crippen LogP contribution >= 0.6 is 0 Å². The molecule has 0 saturated carbocycles. The highest BCUT2D eigenvalue weighted by Gasteiger charge is 2.12. The molecule has 0 spiro atoms. The summed E-state index contributed by atoms with van der Waals surface area (Å²) in [6, 6.07) is 8.92. The van der Waals surface area contributed by atoms with E-state index in [1.54, 1.807) is 29.0 Å². The van der Waals surface area contributed by atoms with Crippen molar-refractivity contribution in [3.63, 3.8) is 0 Å². The highest BCUT2D eigenvalue weighted by molar-refractivity contribution is 5.67. The second-order valence-electron chi connectivity index (χ2n) is 4.02. The van der Waals surface area contributed by atoms with Crippen LogP contribution in [0.15, 0.2) is 36.5 Å². The third-order valence-electron chi connectivity index (χ3n) is 2.76. The van der Waals surface area contributed by atoms with Gasteiger partial charge in [0.15, 0.2) is 11.9 Å². The van der Waals surface area contributed by atoms with Gasteiger partial charge in [0.1, 0.15) is 7.05 Å². The number of nitrogens with zero attached hydrogens (tertiary/aromatic N) is 2. The van der Waals surface area contributed by atoms with Crippen LogP contribution in [0, 0.1) is 20.3 Å². The fraction of sp³-hybridized carbons (Fsp3) is 0.200. The second kappa shape index (κ2) is 4.39. The Kier molecular flexibility index (Phi) is 2.07. The van der Waals surface area contributed by atoms with Gasteiger partial charge in [-0.25, -0.2) is 9.41 Å². The highest BCUT2D eigenvalue weighted by atomic mass is 14.9. The maximum atomic E-state index is 7.43. The van der Waals surface area contributed by atoms with Gasteiger partial charge < -0.3 is 0 Å². The minimum Gasteiger partial charge on any atom is -0.238 e. The van der Waals surface area contributed by atoms with Crippen LogP contribution < -0.4 is 4.57 Å². The zero-order valence-corrected chi connectivity index (χ0v) is 9.86. The number of hydrogen-bond acceptors (Lipinski definition) is 0. The van der Waals surface area contributed by atoms with Gasteiger partial charge >= 0.3 is 0 Å². The molecule has 1 aromatic heterocycles. The minimum absolute atomic E-state index is 0.308. The lowest BCUT2D eigenvalue weighted by atomic mass is 10.0. The van der Waals surface area contributed by atoms with Crippen molar-refractivity contribution in [2.45, 2.75) is 13.8 Å². The second-order valence-corrected chi connectivity index (χ2v) is 4.02. The topological polar surface area (TPSA) is 8.24 Å². The van der Waals surface area contributed by atoms with Gasteiger partial charge in [-0.3, -0.25) is 0 Å². The molecule has 0 aliphatic rings. The molecule has 0 N–H and O–H groups in total. The van der Waals surface area contributed by atoms with Gasteiger partial charge in [-0.1, -0.05) is 12.1 Å². The van der Waals surface area contributed by atoms with Crippen molar-refractivity contribution >= 4 is 5.69 Å². The van der Waals surface area contributed by atoms with Crippen molar-refractivity contribution < 1.29 is 8.68 Å². The van der Waals surface area contributed by atoms with E-state index in [-0.39, 0.29) is 0 Å². The Balaban J connectivity index is 2.57. The lowest BCUT2D eigenvalue weighted by Crippen LogP contribution is -2.31. The molecule has 2 heteroatoms. The van der Waals surface area contributed by atoms with Crippen LogP contribution in [0.1, 0.15) is 15.2 Å². The molecule has 1 heterocycles. The Hall–Kier alpha value is -2.14. The lowest BCUT2D eigenvalue weighted by molar-refractivity contribution is -0.660. The normalized spacial score (nSPS) is 13.4. The molecule has 0 bridgehead atoms. The maximum Gasteiger partial charge on any atom is 0.211 e. The van der Waals surface area contributed by atoms with E-state index in [0.29, 0.717) is 11.3 Å². The predicted molar refractivity (Wildman–Crippen MR) is 68.8 cm³/mol. The molecule has 2 nitrogen and oxygen atoms in total. The Morgan fingerprint density at radius 1 is 1.29 bits per heavy atom. The van der Waals surface area contributed by atoms with Crippen molar-refractivity contribution in [2.75, 3.05) is 0 Å². The van der Waals surface area contributed by atoms with Gasteiger partial charge in [0.2, 0.25) is 5.69 Å². The van der Waals surface area contributed by atoms with E-state index in [0.717, 1.165) is 16.8 Å². The van der Waals surface area contributed by atoms with Gasteiger partial charge in [-0.15, -0.1) is 0 Å². The molecular weight excluding hydrogens is 208 g/mol. The maximum absolute atomic E-state index is 7.43. The van der Waals surface area contributed by atoms with Crippen molar-refractivity contribution in [3.8, 4) is 11.3 Å². The third-order valence-corrected chi connectivity index (χ3v) is 2.76. The van der Waals surface area contributed by atoms with Gasteiger partial charge in [-0.05, 0) is 31.5 Å². The monoisotopic (exact) mass is 226 g/mol. The first-order valence-corrected chi connectivity index (χ1v) is 5.31. The Bertz CT molecular complexity index is 697. The Morgan fingerprint density at radius 2 is 2.12 bits per heavy atom. The van der Waals surface area contributed by atoms with Crippen LogP contribution in [0.25, 0.3) is 16.1 Å². The summed E-state index contributed by atoms with van der Waals surface area (Å²) in [4.78, 5) is 3.44. The summed E-state index contributed by atoms with van der Waals surface area (Å²) in [6.45, 7) is 6.95. The van der Waals surface area contributed by atoms with Gasteiger partial charge in [0.25, 0.3) is 0 Å². The first-order valence-electron chi connectivity index (χ1n) is 6.81. The molecule has 0 fully saturated rings. The number of rotatable bonds is 1. The van der Waals surface area contributed by atoms with E-state index in [2.05, 4.69) is 4.85 Å². The summed E-state index contributed by atoms with van der Waals surface area (Å²) < 4.78 is 24.1. The fourth-order valence-electron chi connectivity index (χ4n) is 1.84. The molecule has 17 heavy (non-hydrogen) atoms. The molecule has 0 saturated heterocycles. The van der Waals surface area contributed by atoms with E-state index in [1.807, 2.05) is 26.1 Å². The summed E-state index contributed by atoms with van der Waals surface area (Å²) in [5.74, 6) is 0. The molecule has 0 aliphatic carbocycles. The number of hydrogen-bond donors (Lipinski definition) is 0. The number of aryl methyl sites for hydroxylation is 3. The summed E-state index contributed by atoms with van der Waals surface area (Å²) in [7, 11) is 1.81. The molecule has 1 aromatic carbocycles. The van der Waals surface area contributed by atoms with Gasteiger partial charge in [-0.2, -0.15) is 0 Å². The molecule has 0 atom stereocenters. The summed E-state index contributed by atoms with van der Waals surface area (Å²) in [5.41, 5.74) is 3.77. The van der Waals surface area contributed by atoms with Gasteiger partial charge in [0.05, 0.1) is 6.57 Å². The van der Waals surface area contributed by atoms with Gasteiger partial charge in [0, 0.05) is 21.3 Å². The van der Waals surface area contributed by atoms with Crippen LogP contribution in [0.3, 0.4) is 0 Å². The molecular formula is C15H15N2+. The van der Waals surface area contributed by atoms with E-state index in [9.17, 15) is 0 Å². The number of aromatic nitrogens is 1. The number of benzene rings is 1. The predicted octanol–water partition coefficient (Wildman–Crippen LogP) is 3.35. The van der Waals surface area contributed by atoms with Crippen molar-refractivity contribution in [1.29, 1.82) is 0 Å². The number of pyridine rings is 1. The largest absolute Gasteiger partial charge is 0.238 e. The van der Waals surface area contributed by atoms with Crippen molar-refractivity contribution in [1.82, 2.24) is 0 Å². The average molecular weight is 226 g/mol. The first-order chi connectivity index (χ1) is 9.32. The Labute approximate surface area is 106 Å². The quantitative estimate of drug-likeness (QED) is 0.520. The standard InChI is InChI=1S/C15H15N2/c1-11-5-8-15(17(4)10-11)14-9-13(16-3)7-6-12(14)2/h5-10H,1-2,4H3/q+1/i1D3. The van der Waals surface area contributed by atoms with Crippen LogP contribution in [-0.4, -0.2) is 0 Å².